The molecule has 33 heavy (non-hydrogen) atoms. The van der Waals surface area contributed by atoms with Crippen molar-refractivity contribution >= 4 is 27.9 Å². The molecule has 0 aliphatic carbocycles. The first-order valence-electron chi connectivity index (χ1n) is 10.6. The van der Waals surface area contributed by atoms with E-state index in [-0.39, 0.29) is 18.4 Å². The Morgan fingerprint density at radius 1 is 1.15 bits per heavy atom. The molecule has 168 valence electrons. The van der Waals surface area contributed by atoms with E-state index in [1.165, 1.54) is 11.6 Å². The average Bonchev–Trinajstić information content (AvgIpc) is 3.42. The zero-order chi connectivity index (χ0) is 22.5. The number of hydrogen-bond donors (Lipinski definition) is 2. The maximum atomic E-state index is 13.1. The standard InChI is InChI=1S/C23H20N4O5S/c28-22-20-14-6-7-26(10-13-4-2-1-3-5-13)11-19(14)33-23(20)25-21(24-22)15-8-17-18(32-12-31-17)9-16(15)27(29)30/h1-5,8-9,21,25H,6-7,10-12H2,(H,24,28)/t21-/m1/s1. The highest BCUT2D eigenvalue weighted by atomic mass is 32.1. The quantitative estimate of drug-likeness (QED) is 0.447. The Hall–Kier alpha value is -3.63. The molecule has 0 radical (unpaired) electrons. The minimum Gasteiger partial charge on any atom is -0.454 e. The third kappa shape index (κ3) is 3.47. The Kier molecular flexibility index (Phi) is 4.70. The van der Waals surface area contributed by atoms with Gasteiger partial charge in [0.05, 0.1) is 22.1 Å². The number of carbonyl (C=O) groups is 1. The van der Waals surface area contributed by atoms with Gasteiger partial charge < -0.3 is 20.1 Å². The molecule has 1 amide bonds. The molecule has 4 heterocycles. The third-order valence-electron chi connectivity index (χ3n) is 6.19. The zero-order valence-electron chi connectivity index (χ0n) is 17.5. The van der Waals surface area contributed by atoms with Crippen molar-refractivity contribution in [2.45, 2.75) is 25.7 Å². The summed E-state index contributed by atoms with van der Waals surface area (Å²) in [4.78, 5) is 27.9. The fourth-order valence-electron chi connectivity index (χ4n) is 4.64. The second-order valence-electron chi connectivity index (χ2n) is 8.23. The van der Waals surface area contributed by atoms with E-state index in [0.717, 1.165) is 41.5 Å². The first-order chi connectivity index (χ1) is 16.1. The summed E-state index contributed by atoms with van der Waals surface area (Å²) >= 11 is 1.55. The first kappa shape index (κ1) is 20.0. The highest BCUT2D eigenvalue weighted by Crippen LogP contribution is 2.44. The number of carbonyl (C=O) groups excluding carboxylic acids is 1. The molecule has 0 saturated carbocycles. The van der Waals surface area contributed by atoms with Crippen LogP contribution in [0.25, 0.3) is 0 Å². The normalized spacial score (nSPS) is 18.8. The molecule has 2 aromatic carbocycles. The van der Waals surface area contributed by atoms with Crippen LogP contribution >= 0.6 is 11.3 Å². The lowest BCUT2D eigenvalue weighted by Crippen LogP contribution is -2.39. The lowest BCUT2D eigenvalue weighted by Gasteiger charge is -2.28. The summed E-state index contributed by atoms with van der Waals surface area (Å²) in [7, 11) is 0. The van der Waals surface area contributed by atoms with Gasteiger partial charge in [-0.3, -0.25) is 19.8 Å². The summed E-state index contributed by atoms with van der Waals surface area (Å²) < 4.78 is 10.7. The van der Waals surface area contributed by atoms with Gasteiger partial charge >= 0.3 is 0 Å². The molecule has 10 heteroatoms. The number of anilines is 1. The number of ether oxygens (including phenoxy) is 2. The van der Waals surface area contributed by atoms with Crippen LogP contribution in [-0.4, -0.2) is 29.1 Å². The first-order valence-corrected chi connectivity index (χ1v) is 11.4. The van der Waals surface area contributed by atoms with E-state index in [1.807, 2.05) is 18.2 Å². The molecule has 0 unspecified atom stereocenters. The number of benzene rings is 2. The predicted molar refractivity (Wildman–Crippen MR) is 122 cm³/mol. The topological polar surface area (TPSA) is 106 Å². The van der Waals surface area contributed by atoms with Crippen LogP contribution < -0.4 is 20.1 Å². The lowest BCUT2D eigenvalue weighted by atomic mass is 9.99. The van der Waals surface area contributed by atoms with Gasteiger partial charge in [-0.1, -0.05) is 30.3 Å². The number of rotatable bonds is 4. The summed E-state index contributed by atoms with van der Waals surface area (Å²) in [5.41, 5.74) is 3.20. The Morgan fingerprint density at radius 2 is 1.94 bits per heavy atom. The molecule has 3 aliphatic rings. The molecule has 0 fully saturated rings. The van der Waals surface area contributed by atoms with Gasteiger partial charge in [-0.05, 0) is 23.6 Å². The van der Waals surface area contributed by atoms with Gasteiger partial charge in [0.2, 0.25) is 6.79 Å². The molecule has 0 saturated heterocycles. The van der Waals surface area contributed by atoms with E-state index in [1.54, 1.807) is 17.4 Å². The van der Waals surface area contributed by atoms with Gasteiger partial charge in [0.15, 0.2) is 11.5 Å². The molecule has 1 atom stereocenters. The van der Waals surface area contributed by atoms with Crippen molar-refractivity contribution in [1.82, 2.24) is 10.2 Å². The SMILES string of the molecule is O=C1N[C@@H](c2cc3c(cc2[N+](=O)[O-])OCO3)Nc2sc3c(c21)CCN(Cc1ccccc1)C3. The monoisotopic (exact) mass is 464 g/mol. The van der Waals surface area contributed by atoms with E-state index >= 15 is 0 Å². The number of fused-ring (bicyclic) bond motifs is 4. The Morgan fingerprint density at radius 3 is 2.73 bits per heavy atom. The minimum absolute atomic E-state index is 0.0155. The highest BCUT2D eigenvalue weighted by Gasteiger charge is 2.36. The zero-order valence-corrected chi connectivity index (χ0v) is 18.3. The maximum Gasteiger partial charge on any atom is 0.280 e. The lowest BCUT2D eigenvalue weighted by molar-refractivity contribution is -0.385. The van der Waals surface area contributed by atoms with Crippen LogP contribution in [0, 0.1) is 10.1 Å². The molecule has 0 spiro atoms. The predicted octanol–water partition coefficient (Wildman–Crippen LogP) is 3.80. The van der Waals surface area contributed by atoms with Gasteiger partial charge in [-0.15, -0.1) is 11.3 Å². The van der Waals surface area contributed by atoms with Crippen LogP contribution in [0.4, 0.5) is 10.7 Å². The van der Waals surface area contributed by atoms with Crippen molar-refractivity contribution in [3.63, 3.8) is 0 Å². The van der Waals surface area contributed by atoms with Gasteiger partial charge in [-0.25, -0.2) is 0 Å². The van der Waals surface area contributed by atoms with Crippen LogP contribution in [-0.2, 0) is 19.5 Å². The minimum atomic E-state index is -0.736. The summed E-state index contributed by atoms with van der Waals surface area (Å²) in [5.74, 6) is 0.549. The molecule has 3 aliphatic heterocycles. The molecular formula is C23H20N4O5S. The maximum absolute atomic E-state index is 13.1. The molecule has 3 aromatic rings. The Bertz CT molecular complexity index is 1280. The largest absolute Gasteiger partial charge is 0.454 e. The van der Waals surface area contributed by atoms with Crippen LogP contribution in [0.5, 0.6) is 11.5 Å². The van der Waals surface area contributed by atoms with Crippen LogP contribution in [0.1, 0.15) is 38.1 Å². The molecule has 0 bridgehead atoms. The summed E-state index contributed by atoms with van der Waals surface area (Å²) in [6, 6.07) is 13.2. The number of thiophene rings is 1. The van der Waals surface area contributed by atoms with Gasteiger partial charge in [0.25, 0.3) is 11.6 Å². The van der Waals surface area contributed by atoms with E-state index in [4.69, 9.17) is 9.47 Å². The highest BCUT2D eigenvalue weighted by molar-refractivity contribution is 7.16. The van der Waals surface area contributed by atoms with Crippen molar-refractivity contribution in [2.75, 3.05) is 18.7 Å². The molecule has 2 N–H and O–H groups in total. The average molecular weight is 465 g/mol. The smallest absolute Gasteiger partial charge is 0.280 e. The number of nitrogens with zero attached hydrogens (tertiary/aromatic N) is 2. The second kappa shape index (κ2) is 7.75. The number of nitro groups is 1. The number of nitro benzene ring substituents is 1. The molecular weight excluding hydrogens is 444 g/mol. The summed E-state index contributed by atoms with van der Waals surface area (Å²) in [5, 5.41) is 18.7. The Balaban J connectivity index is 1.29. The third-order valence-corrected chi connectivity index (χ3v) is 7.34. The van der Waals surface area contributed by atoms with E-state index in [0.29, 0.717) is 22.6 Å². The van der Waals surface area contributed by atoms with Crippen molar-refractivity contribution in [3.8, 4) is 11.5 Å². The summed E-state index contributed by atoms with van der Waals surface area (Å²) in [6.45, 7) is 2.51. The van der Waals surface area contributed by atoms with Gasteiger partial charge in [0.1, 0.15) is 11.2 Å². The van der Waals surface area contributed by atoms with Crippen molar-refractivity contribution in [1.29, 1.82) is 0 Å². The van der Waals surface area contributed by atoms with Crippen molar-refractivity contribution in [3.05, 3.63) is 79.7 Å². The van der Waals surface area contributed by atoms with Gasteiger partial charge in [-0.2, -0.15) is 0 Å². The van der Waals surface area contributed by atoms with Crippen molar-refractivity contribution in [2.24, 2.45) is 0 Å². The molecule has 6 rings (SSSR count). The van der Waals surface area contributed by atoms with Crippen molar-refractivity contribution < 1.29 is 19.2 Å². The molecule has 9 nitrogen and oxygen atoms in total. The molecule has 1 aromatic heterocycles. The van der Waals surface area contributed by atoms with E-state index < -0.39 is 11.1 Å². The Labute approximate surface area is 193 Å². The fraction of sp³-hybridized carbons (Fsp3) is 0.261. The van der Waals surface area contributed by atoms with Crippen LogP contribution in [0.15, 0.2) is 42.5 Å². The summed E-state index contributed by atoms with van der Waals surface area (Å²) in [6.07, 6.45) is 0.0539. The number of nitrogens with one attached hydrogen (secondary N) is 2. The fourth-order valence-corrected chi connectivity index (χ4v) is 5.95. The second-order valence-corrected chi connectivity index (χ2v) is 9.33. The van der Waals surface area contributed by atoms with Crippen LogP contribution in [0.3, 0.4) is 0 Å². The number of amides is 1. The van der Waals surface area contributed by atoms with Crippen LogP contribution in [0.2, 0.25) is 0 Å². The van der Waals surface area contributed by atoms with E-state index in [9.17, 15) is 14.9 Å². The van der Waals surface area contributed by atoms with Gasteiger partial charge in [0, 0.05) is 24.5 Å². The number of hydrogen-bond acceptors (Lipinski definition) is 8. The van der Waals surface area contributed by atoms with E-state index in [2.05, 4.69) is 27.7 Å².